The third-order valence-corrected chi connectivity index (χ3v) is 4.93. The van der Waals surface area contributed by atoms with Crippen LogP contribution in [-0.4, -0.2) is 87.5 Å². The number of nitrogens with zero attached hydrogens (tertiary/aromatic N) is 1. The van der Waals surface area contributed by atoms with Gasteiger partial charge in [0.05, 0.1) is 26.1 Å². The summed E-state index contributed by atoms with van der Waals surface area (Å²) in [5, 5.41) is 33.8. The Bertz CT molecular complexity index is 752. The number of ether oxygens (including phenoxy) is 3. The second-order valence-corrected chi connectivity index (χ2v) is 7.65. The highest BCUT2D eigenvalue weighted by molar-refractivity contribution is 5.88. The van der Waals surface area contributed by atoms with E-state index in [9.17, 15) is 14.4 Å². The predicted octanol–water partition coefficient (Wildman–Crippen LogP) is 1.67. The Kier molecular flexibility index (Phi) is 11.1. The first kappa shape index (κ1) is 28.1. The number of hydrogen-bond donors (Lipinski definition) is 4. The molecule has 0 atom stereocenters. The molecule has 33 heavy (non-hydrogen) atoms. The van der Waals surface area contributed by atoms with E-state index in [1.54, 1.807) is 0 Å². The number of rotatable bonds is 13. The van der Waals surface area contributed by atoms with Gasteiger partial charge in [-0.3, -0.25) is 9.59 Å². The number of benzene rings is 1. The predicted molar refractivity (Wildman–Crippen MR) is 116 cm³/mol. The van der Waals surface area contributed by atoms with E-state index in [4.69, 9.17) is 34.6 Å². The highest BCUT2D eigenvalue weighted by atomic mass is 16.7. The number of carboxylic acids is 3. The van der Waals surface area contributed by atoms with E-state index in [2.05, 4.69) is 18.7 Å². The summed E-state index contributed by atoms with van der Waals surface area (Å²) in [5.41, 5.74) is -2.74. The number of carbonyl (C=O) groups is 3. The highest BCUT2D eigenvalue weighted by Gasteiger charge is 2.40. The van der Waals surface area contributed by atoms with Crippen molar-refractivity contribution in [2.45, 2.75) is 51.4 Å². The van der Waals surface area contributed by atoms with E-state index < -0.39 is 42.1 Å². The average molecular weight is 472 g/mol. The van der Waals surface area contributed by atoms with Crippen LogP contribution in [0.5, 0.6) is 11.5 Å². The Morgan fingerprint density at radius 2 is 1.45 bits per heavy atom. The molecular weight excluding hydrogens is 438 g/mol. The molecule has 0 radical (unpaired) electrons. The largest absolute Gasteiger partial charge is 0.481 e. The maximum Gasteiger partial charge on any atom is 0.336 e. The standard InChI is InChI=1S/C16H25NO3.C6H8O7/c1-4-17(5-2)11-13-18-12-10-16(3)19-14-8-6-7-9-15(14)20-16;7-3(8)1-6(13,5(11)12)2-4(9)10/h6-9H,4-5,10-13H2,1-3H3;13H,1-2H2,(H,7,8)(H,9,10)(H,11,12). The van der Waals surface area contributed by atoms with Gasteiger partial charge in [0.1, 0.15) is 0 Å². The first-order valence-electron chi connectivity index (χ1n) is 10.6. The van der Waals surface area contributed by atoms with Crippen LogP contribution in [0.15, 0.2) is 24.3 Å². The van der Waals surface area contributed by atoms with E-state index in [-0.39, 0.29) is 0 Å². The van der Waals surface area contributed by atoms with E-state index in [1.807, 2.05) is 31.2 Å². The quantitative estimate of drug-likeness (QED) is 0.309. The monoisotopic (exact) mass is 471 g/mol. The maximum atomic E-state index is 10.3. The van der Waals surface area contributed by atoms with Gasteiger partial charge in [0.15, 0.2) is 17.1 Å². The van der Waals surface area contributed by atoms with Crippen molar-refractivity contribution in [2.24, 2.45) is 0 Å². The lowest BCUT2D eigenvalue weighted by atomic mass is 9.96. The van der Waals surface area contributed by atoms with Crippen molar-refractivity contribution in [3.63, 3.8) is 0 Å². The fraction of sp³-hybridized carbons (Fsp3) is 0.591. The van der Waals surface area contributed by atoms with Crippen LogP contribution in [0.25, 0.3) is 0 Å². The fourth-order valence-electron chi connectivity index (χ4n) is 3.01. The average Bonchev–Trinajstić information content (AvgIpc) is 3.06. The first-order chi connectivity index (χ1) is 15.4. The van der Waals surface area contributed by atoms with Gasteiger partial charge in [0.2, 0.25) is 0 Å². The Morgan fingerprint density at radius 3 is 1.85 bits per heavy atom. The molecule has 1 heterocycles. The van der Waals surface area contributed by atoms with Crippen LogP contribution in [-0.2, 0) is 19.1 Å². The summed E-state index contributed by atoms with van der Waals surface area (Å²) in [6, 6.07) is 7.77. The van der Waals surface area contributed by atoms with Crippen LogP contribution in [0, 0.1) is 0 Å². The third kappa shape index (κ3) is 9.64. The maximum absolute atomic E-state index is 10.3. The van der Waals surface area contributed by atoms with Crippen LogP contribution in [0.4, 0.5) is 0 Å². The smallest absolute Gasteiger partial charge is 0.336 e. The van der Waals surface area contributed by atoms with Gasteiger partial charge in [-0.25, -0.2) is 4.79 Å². The SMILES string of the molecule is CCN(CC)CCOCCC1(C)Oc2ccccc2O1.O=C(O)CC(O)(CC(=O)O)C(=O)O. The first-order valence-corrected chi connectivity index (χ1v) is 10.6. The molecule has 0 saturated carbocycles. The Morgan fingerprint density at radius 1 is 0.970 bits per heavy atom. The van der Waals surface area contributed by atoms with E-state index in [0.717, 1.165) is 44.2 Å². The Balaban J connectivity index is 0.000000366. The minimum Gasteiger partial charge on any atom is -0.481 e. The second-order valence-electron chi connectivity index (χ2n) is 7.65. The molecule has 1 aromatic carbocycles. The molecule has 0 bridgehead atoms. The molecule has 1 aromatic rings. The van der Waals surface area contributed by atoms with Gasteiger partial charge in [0.25, 0.3) is 5.79 Å². The lowest BCUT2D eigenvalue weighted by molar-refractivity contribution is -0.170. The van der Waals surface area contributed by atoms with Crippen molar-refractivity contribution >= 4 is 17.9 Å². The Labute approximate surface area is 192 Å². The third-order valence-electron chi connectivity index (χ3n) is 4.93. The molecular formula is C22H33NO10. The molecule has 0 spiro atoms. The summed E-state index contributed by atoms with van der Waals surface area (Å²) < 4.78 is 17.4. The van der Waals surface area contributed by atoms with Gasteiger partial charge < -0.3 is 39.5 Å². The lowest BCUT2D eigenvalue weighted by Crippen LogP contribution is -2.42. The van der Waals surface area contributed by atoms with Gasteiger partial charge >= 0.3 is 17.9 Å². The summed E-state index contributed by atoms with van der Waals surface area (Å²) >= 11 is 0. The van der Waals surface area contributed by atoms with E-state index >= 15 is 0 Å². The molecule has 0 fully saturated rings. The molecule has 186 valence electrons. The summed E-state index contributed by atoms with van der Waals surface area (Å²) in [4.78, 5) is 32.8. The number of para-hydroxylation sites is 2. The van der Waals surface area contributed by atoms with Gasteiger partial charge in [-0.05, 0) is 25.2 Å². The molecule has 1 aliphatic heterocycles. The molecule has 4 N–H and O–H groups in total. The molecule has 0 aliphatic carbocycles. The van der Waals surface area contributed by atoms with Gasteiger partial charge in [0, 0.05) is 19.9 Å². The molecule has 2 rings (SSSR count). The van der Waals surface area contributed by atoms with Crippen LogP contribution < -0.4 is 9.47 Å². The molecule has 11 heteroatoms. The molecule has 11 nitrogen and oxygen atoms in total. The molecule has 0 saturated heterocycles. The zero-order chi connectivity index (χ0) is 25.1. The van der Waals surface area contributed by atoms with Gasteiger partial charge in [-0.15, -0.1) is 0 Å². The summed E-state index contributed by atoms with van der Waals surface area (Å²) in [6.45, 7) is 10.8. The summed E-state index contributed by atoms with van der Waals surface area (Å²) in [6.07, 6.45) is -1.57. The number of fused-ring (bicyclic) bond motifs is 1. The van der Waals surface area contributed by atoms with E-state index in [1.165, 1.54) is 0 Å². The van der Waals surface area contributed by atoms with Crippen LogP contribution in [0.2, 0.25) is 0 Å². The van der Waals surface area contributed by atoms with Crippen molar-refractivity contribution in [3.05, 3.63) is 24.3 Å². The topological polar surface area (TPSA) is 163 Å². The van der Waals surface area contributed by atoms with Crippen molar-refractivity contribution < 1.29 is 49.0 Å². The molecule has 0 unspecified atom stereocenters. The van der Waals surface area contributed by atoms with Crippen LogP contribution in [0.3, 0.4) is 0 Å². The summed E-state index contributed by atoms with van der Waals surface area (Å²) in [5.74, 6) is -3.98. The normalized spacial score (nSPS) is 13.8. The van der Waals surface area contributed by atoms with Crippen molar-refractivity contribution in [1.29, 1.82) is 0 Å². The minimum absolute atomic E-state index is 0.598. The van der Waals surface area contributed by atoms with Gasteiger partial charge in [-0.1, -0.05) is 26.0 Å². The Hall–Kier alpha value is -2.89. The zero-order valence-corrected chi connectivity index (χ0v) is 19.2. The number of hydrogen-bond acceptors (Lipinski definition) is 8. The van der Waals surface area contributed by atoms with Crippen molar-refractivity contribution in [2.75, 3.05) is 32.8 Å². The molecule has 1 aliphatic rings. The van der Waals surface area contributed by atoms with Crippen LogP contribution >= 0.6 is 0 Å². The lowest BCUT2D eigenvalue weighted by Gasteiger charge is -2.23. The second kappa shape index (κ2) is 13.0. The van der Waals surface area contributed by atoms with Crippen LogP contribution in [0.1, 0.15) is 40.0 Å². The zero-order valence-electron chi connectivity index (χ0n) is 19.2. The number of aliphatic carboxylic acids is 3. The summed E-state index contributed by atoms with van der Waals surface area (Å²) in [7, 11) is 0. The molecule has 0 aromatic heterocycles. The van der Waals surface area contributed by atoms with Crippen molar-refractivity contribution in [1.82, 2.24) is 4.90 Å². The molecule has 0 amide bonds. The number of carboxylic acid groups (broad SMARTS) is 3. The van der Waals surface area contributed by atoms with Gasteiger partial charge in [-0.2, -0.15) is 0 Å². The minimum atomic E-state index is -2.74. The number of aliphatic hydroxyl groups is 1. The number of likely N-dealkylation sites (N-methyl/N-ethyl adjacent to an activating group) is 1. The van der Waals surface area contributed by atoms with E-state index in [0.29, 0.717) is 6.61 Å². The highest BCUT2D eigenvalue weighted by Crippen LogP contribution is 2.40. The fourth-order valence-corrected chi connectivity index (χ4v) is 3.01. The van der Waals surface area contributed by atoms with Crippen molar-refractivity contribution in [3.8, 4) is 11.5 Å².